The van der Waals surface area contributed by atoms with Crippen molar-refractivity contribution in [1.82, 2.24) is 4.57 Å². The maximum absolute atomic E-state index is 8.91. The molecular weight excluding hydrogens is 400 g/mol. The molecule has 9 heteroatoms. The van der Waals surface area contributed by atoms with E-state index in [1.165, 1.54) is 16.5 Å². The summed E-state index contributed by atoms with van der Waals surface area (Å²) >= 11 is 0. The summed E-state index contributed by atoms with van der Waals surface area (Å²) in [5.74, 6) is 0. The Hall–Kier alpha value is -1.14. The van der Waals surface area contributed by atoms with Crippen LogP contribution in [0.15, 0.2) is 59.8 Å². The van der Waals surface area contributed by atoms with Crippen molar-refractivity contribution in [2.75, 3.05) is 0 Å². The molecule has 0 amide bonds. The first kappa shape index (κ1) is 23.1. The minimum Gasteiger partial charge on any atom is -0.343 e. The molecule has 0 spiro atoms. The van der Waals surface area contributed by atoms with Crippen molar-refractivity contribution >= 4 is 28.1 Å². The van der Waals surface area contributed by atoms with Crippen molar-refractivity contribution in [1.29, 1.82) is 0 Å². The third-order valence-corrected chi connectivity index (χ3v) is 5.06. The highest BCUT2D eigenvalue weighted by atomic mass is 31.2. The lowest BCUT2D eigenvalue weighted by Crippen LogP contribution is -2.11. The fraction of sp³-hybridized carbons (Fsp3) is 0.368. The van der Waals surface area contributed by atoms with Crippen molar-refractivity contribution in [2.45, 2.75) is 45.9 Å². The van der Waals surface area contributed by atoms with Gasteiger partial charge in [-0.1, -0.05) is 41.5 Å². The van der Waals surface area contributed by atoms with Crippen LogP contribution in [0.2, 0.25) is 0 Å². The van der Waals surface area contributed by atoms with Gasteiger partial charge in [-0.15, -0.1) is 0 Å². The molecule has 154 valence electrons. The minimum atomic E-state index is -2.63. The van der Waals surface area contributed by atoms with Crippen LogP contribution in [-0.4, -0.2) is 30.4 Å². The molecule has 28 heavy (non-hydrogen) atoms. The van der Waals surface area contributed by atoms with E-state index >= 15 is 0 Å². The van der Waals surface area contributed by atoms with Crippen LogP contribution in [0, 0.1) is 0 Å². The lowest BCUT2D eigenvalue weighted by molar-refractivity contribution is -0.00769. The van der Waals surface area contributed by atoms with E-state index in [0.29, 0.717) is 0 Å². The largest absolute Gasteiger partial charge is 0.343 e. The third-order valence-electron chi connectivity index (χ3n) is 4.21. The number of benzene rings is 1. The van der Waals surface area contributed by atoms with Crippen molar-refractivity contribution < 1.29 is 28.6 Å². The van der Waals surface area contributed by atoms with E-state index < -0.39 is 23.5 Å². The van der Waals surface area contributed by atoms with Crippen LogP contribution in [0.1, 0.15) is 33.1 Å². The van der Waals surface area contributed by atoms with Crippen LogP contribution in [-0.2, 0) is 15.6 Å². The number of allylic oxidation sites excluding steroid dienone is 3. The van der Waals surface area contributed by atoms with Gasteiger partial charge in [0.25, 0.3) is 0 Å². The molecule has 7 nitrogen and oxygen atoms in total. The highest BCUT2D eigenvalue weighted by Gasteiger charge is 2.17. The molecule has 2 aromatic rings. The molecule has 0 radical (unpaired) electrons. The second-order valence-electron chi connectivity index (χ2n) is 6.52. The van der Waals surface area contributed by atoms with Gasteiger partial charge in [0.15, 0.2) is 6.29 Å². The predicted molar refractivity (Wildman–Crippen MR) is 112 cm³/mol. The van der Waals surface area contributed by atoms with Crippen molar-refractivity contribution in [3.8, 4) is 0 Å². The van der Waals surface area contributed by atoms with Gasteiger partial charge in [0.1, 0.15) is 0 Å². The Kier molecular flexibility index (Phi) is 9.72. The van der Waals surface area contributed by atoms with Crippen molar-refractivity contribution in [3.63, 3.8) is 0 Å². The van der Waals surface area contributed by atoms with E-state index in [9.17, 15) is 0 Å². The zero-order valence-electron chi connectivity index (χ0n) is 16.0. The summed E-state index contributed by atoms with van der Waals surface area (Å²) in [4.78, 5) is 35.6. The second-order valence-corrected chi connectivity index (χ2v) is 7.96. The van der Waals surface area contributed by atoms with Gasteiger partial charge in [-0.3, -0.25) is 9.05 Å². The first-order valence-electron chi connectivity index (χ1n) is 8.89. The predicted octanol–water partition coefficient (Wildman–Crippen LogP) is 4.49. The van der Waals surface area contributed by atoms with Gasteiger partial charge in [-0.05, 0) is 44.2 Å². The highest BCUT2D eigenvalue weighted by molar-refractivity contribution is 7.40. The highest BCUT2D eigenvalue weighted by Crippen LogP contribution is 2.35. The molecule has 0 bridgehead atoms. The van der Waals surface area contributed by atoms with E-state index in [-0.39, 0.29) is 6.42 Å². The zero-order valence-corrected chi connectivity index (χ0v) is 17.8. The molecule has 0 aliphatic carbocycles. The molecule has 0 unspecified atom stereocenters. The molecule has 2 rings (SSSR count). The quantitative estimate of drug-likeness (QED) is 0.239. The van der Waals surface area contributed by atoms with Crippen LogP contribution in [0.4, 0.5) is 0 Å². The standard InChI is InChI=1S/C19H27NO6P2/c1-15(10-11-19(25-27(21)22)26-28(23)24)6-5-7-16(2)14-20-13-12-17-8-3-4-9-18(17)20/h3-4,7-10,12-13,19,21-24H,5-6,11,14H2,1-2H3/b15-10+,16-7+. The van der Waals surface area contributed by atoms with Crippen LogP contribution in [0.5, 0.6) is 0 Å². The maximum atomic E-state index is 8.91. The zero-order chi connectivity index (χ0) is 20.5. The molecule has 1 aromatic carbocycles. The summed E-state index contributed by atoms with van der Waals surface area (Å²) in [5.41, 5.74) is 3.57. The fourth-order valence-corrected chi connectivity index (χ4v) is 3.62. The van der Waals surface area contributed by atoms with Crippen molar-refractivity contribution in [2.24, 2.45) is 0 Å². The van der Waals surface area contributed by atoms with Crippen LogP contribution >= 0.6 is 17.2 Å². The summed E-state index contributed by atoms with van der Waals surface area (Å²) < 4.78 is 11.7. The topological polar surface area (TPSA) is 104 Å². The molecule has 0 saturated carbocycles. The minimum absolute atomic E-state index is 0.198. The summed E-state index contributed by atoms with van der Waals surface area (Å²) in [7, 11) is -5.26. The van der Waals surface area contributed by atoms with E-state index in [1.807, 2.05) is 25.1 Å². The molecule has 1 heterocycles. The molecule has 0 fully saturated rings. The summed E-state index contributed by atoms with van der Waals surface area (Å²) in [6.45, 7) is 4.91. The SMILES string of the molecule is C/C(=C\CC(OP(O)O)OP(O)O)CC/C=C(\C)Cn1ccc2ccccc21. The average molecular weight is 427 g/mol. The summed E-state index contributed by atoms with van der Waals surface area (Å²) in [6.07, 6.45) is 6.95. The fourth-order valence-electron chi connectivity index (χ4n) is 2.87. The maximum Gasteiger partial charge on any atom is 0.329 e. The summed E-state index contributed by atoms with van der Waals surface area (Å²) in [5, 5.41) is 1.23. The Labute approximate surface area is 167 Å². The number of para-hydroxylation sites is 1. The van der Waals surface area contributed by atoms with E-state index in [4.69, 9.17) is 28.6 Å². The number of fused-ring (bicyclic) bond motifs is 1. The van der Waals surface area contributed by atoms with E-state index in [1.54, 1.807) is 0 Å². The first-order valence-corrected chi connectivity index (χ1v) is 11.2. The number of rotatable bonds is 11. The Bertz CT molecular complexity index is 793. The van der Waals surface area contributed by atoms with Gasteiger partial charge in [0, 0.05) is 24.7 Å². The summed E-state index contributed by atoms with van der Waals surface area (Å²) in [6, 6.07) is 10.4. The number of nitrogens with zero attached hydrogens (tertiary/aromatic N) is 1. The molecule has 0 aliphatic rings. The Morgan fingerprint density at radius 3 is 2.36 bits per heavy atom. The number of hydrogen-bond acceptors (Lipinski definition) is 6. The lowest BCUT2D eigenvalue weighted by Gasteiger charge is -2.17. The van der Waals surface area contributed by atoms with Crippen LogP contribution in [0.3, 0.4) is 0 Å². The molecule has 1 aromatic heterocycles. The van der Waals surface area contributed by atoms with Crippen molar-refractivity contribution in [3.05, 3.63) is 59.8 Å². The molecular formula is C19H27NO6P2. The van der Waals surface area contributed by atoms with Gasteiger partial charge >= 0.3 is 17.2 Å². The molecule has 0 aliphatic heterocycles. The van der Waals surface area contributed by atoms with Gasteiger partial charge in [0.2, 0.25) is 0 Å². The molecule has 4 N–H and O–H groups in total. The monoisotopic (exact) mass is 427 g/mol. The Morgan fingerprint density at radius 1 is 1.00 bits per heavy atom. The van der Waals surface area contributed by atoms with E-state index in [2.05, 4.69) is 42.0 Å². The number of hydrogen-bond donors (Lipinski definition) is 4. The van der Waals surface area contributed by atoms with Gasteiger partial charge < -0.3 is 24.1 Å². The third kappa shape index (κ3) is 8.08. The van der Waals surface area contributed by atoms with Crippen LogP contribution < -0.4 is 0 Å². The number of aromatic nitrogens is 1. The lowest BCUT2D eigenvalue weighted by atomic mass is 10.1. The van der Waals surface area contributed by atoms with Crippen LogP contribution in [0.25, 0.3) is 10.9 Å². The molecule has 0 atom stereocenters. The molecule has 0 saturated heterocycles. The van der Waals surface area contributed by atoms with Gasteiger partial charge in [0.05, 0.1) is 0 Å². The smallest absolute Gasteiger partial charge is 0.329 e. The first-order chi connectivity index (χ1) is 13.3. The van der Waals surface area contributed by atoms with Gasteiger partial charge in [-0.25, -0.2) is 0 Å². The second kappa shape index (κ2) is 11.8. The average Bonchev–Trinajstić information content (AvgIpc) is 3.02. The normalized spacial score (nSPS) is 13.5. The Balaban J connectivity index is 1.83. The van der Waals surface area contributed by atoms with Gasteiger partial charge in [-0.2, -0.15) is 0 Å². The Morgan fingerprint density at radius 2 is 1.68 bits per heavy atom. The van der Waals surface area contributed by atoms with E-state index in [0.717, 1.165) is 25.0 Å².